The molecule has 0 unspecified atom stereocenters. The molecule has 1 N–H and O–H groups in total. The Morgan fingerprint density at radius 2 is 2.00 bits per heavy atom. The molecule has 3 rings (SSSR count). The van der Waals surface area contributed by atoms with Crippen molar-refractivity contribution in [2.24, 2.45) is 0 Å². The SMILES string of the molecule is Cc1ncc2c(-c3ccccc3)nc(C(=O)O)n2n1. The van der Waals surface area contributed by atoms with Crippen molar-refractivity contribution in [3.8, 4) is 11.3 Å². The van der Waals surface area contributed by atoms with Gasteiger partial charge in [-0.2, -0.15) is 5.10 Å². The lowest BCUT2D eigenvalue weighted by Crippen LogP contribution is -2.07. The predicted molar refractivity (Wildman–Crippen MR) is 67.9 cm³/mol. The maximum atomic E-state index is 11.2. The second kappa shape index (κ2) is 4.16. The van der Waals surface area contributed by atoms with Crippen LogP contribution < -0.4 is 0 Å². The van der Waals surface area contributed by atoms with Crippen LogP contribution in [-0.4, -0.2) is 30.7 Å². The number of carboxylic acid groups (broad SMARTS) is 1. The van der Waals surface area contributed by atoms with Crippen molar-refractivity contribution in [2.45, 2.75) is 6.92 Å². The van der Waals surface area contributed by atoms with E-state index in [9.17, 15) is 9.90 Å². The van der Waals surface area contributed by atoms with Crippen LogP contribution in [0.3, 0.4) is 0 Å². The predicted octanol–water partition coefficient (Wildman–Crippen LogP) is 1.80. The molecule has 0 aliphatic carbocycles. The minimum atomic E-state index is -1.12. The summed E-state index contributed by atoms with van der Waals surface area (Å²) in [5.74, 6) is -0.735. The molecule has 6 nitrogen and oxygen atoms in total. The number of aromatic nitrogens is 4. The first kappa shape index (κ1) is 11.3. The van der Waals surface area contributed by atoms with Crippen molar-refractivity contribution in [1.29, 1.82) is 0 Å². The summed E-state index contributed by atoms with van der Waals surface area (Å²) >= 11 is 0. The molecule has 0 radical (unpaired) electrons. The Bertz CT molecular complexity index is 765. The number of carbonyl (C=O) groups is 1. The summed E-state index contributed by atoms with van der Waals surface area (Å²) in [6, 6.07) is 9.37. The van der Waals surface area contributed by atoms with Gasteiger partial charge in [0.05, 0.1) is 6.20 Å². The molecule has 19 heavy (non-hydrogen) atoms. The Balaban J connectivity index is 2.35. The van der Waals surface area contributed by atoms with Gasteiger partial charge in [0.25, 0.3) is 0 Å². The standard InChI is InChI=1S/C13H10N4O2/c1-8-14-7-10-11(9-5-3-2-4-6-9)15-12(13(18)19)17(10)16-8/h2-7H,1H3,(H,18,19). The third-order valence-electron chi connectivity index (χ3n) is 2.75. The Labute approximate surface area is 108 Å². The molecule has 0 spiro atoms. The number of fused-ring (bicyclic) bond motifs is 1. The third-order valence-corrected chi connectivity index (χ3v) is 2.75. The van der Waals surface area contributed by atoms with Crippen LogP contribution in [0.2, 0.25) is 0 Å². The normalized spacial score (nSPS) is 10.8. The zero-order valence-corrected chi connectivity index (χ0v) is 10.1. The minimum absolute atomic E-state index is 0.112. The molecule has 3 aromatic rings. The molecule has 0 saturated heterocycles. The van der Waals surface area contributed by atoms with Crippen LogP contribution in [-0.2, 0) is 0 Å². The van der Waals surface area contributed by atoms with Crippen LogP contribution >= 0.6 is 0 Å². The summed E-state index contributed by atoms with van der Waals surface area (Å²) in [4.78, 5) is 19.5. The molecule has 6 heteroatoms. The van der Waals surface area contributed by atoms with Crippen LogP contribution in [0, 0.1) is 6.92 Å². The molecule has 94 valence electrons. The molecule has 0 aliphatic heterocycles. The minimum Gasteiger partial charge on any atom is -0.475 e. The maximum Gasteiger partial charge on any atom is 0.374 e. The Hall–Kier alpha value is -2.76. The monoisotopic (exact) mass is 254 g/mol. The van der Waals surface area contributed by atoms with E-state index in [2.05, 4.69) is 15.1 Å². The van der Waals surface area contributed by atoms with Crippen LogP contribution in [0.15, 0.2) is 36.5 Å². The maximum absolute atomic E-state index is 11.2. The van der Waals surface area contributed by atoms with Crippen molar-refractivity contribution in [2.75, 3.05) is 0 Å². The number of benzene rings is 1. The fraction of sp³-hybridized carbons (Fsp3) is 0.0769. The number of carboxylic acids is 1. The Morgan fingerprint density at radius 1 is 1.26 bits per heavy atom. The van der Waals surface area contributed by atoms with E-state index >= 15 is 0 Å². The van der Waals surface area contributed by atoms with E-state index in [1.165, 1.54) is 4.52 Å². The van der Waals surface area contributed by atoms with E-state index in [4.69, 9.17) is 0 Å². The average molecular weight is 254 g/mol. The summed E-state index contributed by atoms with van der Waals surface area (Å²) in [5, 5.41) is 13.3. The van der Waals surface area contributed by atoms with Crippen LogP contribution in [0.1, 0.15) is 16.4 Å². The van der Waals surface area contributed by atoms with Gasteiger partial charge in [-0.1, -0.05) is 30.3 Å². The van der Waals surface area contributed by atoms with Crippen molar-refractivity contribution in [3.05, 3.63) is 48.2 Å². The smallest absolute Gasteiger partial charge is 0.374 e. The first-order valence-electron chi connectivity index (χ1n) is 5.68. The van der Waals surface area contributed by atoms with Crippen LogP contribution in [0.4, 0.5) is 0 Å². The van der Waals surface area contributed by atoms with E-state index in [0.717, 1.165) is 5.56 Å². The first-order valence-corrected chi connectivity index (χ1v) is 5.68. The number of rotatable bonds is 2. The van der Waals surface area contributed by atoms with Gasteiger partial charge in [0.1, 0.15) is 17.0 Å². The van der Waals surface area contributed by atoms with Gasteiger partial charge in [-0.15, -0.1) is 0 Å². The van der Waals surface area contributed by atoms with E-state index in [1.807, 2.05) is 30.3 Å². The summed E-state index contributed by atoms with van der Waals surface area (Å²) in [5.41, 5.74) is 1.98. The summed E-state index contributed by atoms with van der Waals surface area (Å²) in [6.07, 6.45) is 1.59. The molecule has 0 aliphatic rings. The highest BCUT2D eigenvalue weighted by Gasteiger charge is 2.18. The molecule has 0 atom stereocenters. The quantitative estimate of drug-likeness (QED) is 0.754. The number of hydrogen-bond donors (Lipinski definition) is 1. The van der Waals surface area contributed by atoms with Gasteiger partial charge in [-0.05, 0) is 6.92 Å². The van der Waals surface area contributed by atoms with E-state index in [-0.39, 0.29) is 5.82 Å². The van der Waals surface area contributed by atoms with Gasteiger partial charge in [0.2, 0.25) is 5.82 Å². The molecule has 0 bridgehead atoms. The average Bonchev–Trinajstić information content (AvgIpc) is 2.78. The van der Waals surface area contributed by atoms with Crippen molar-refractivity contribution < 1.29 is 9.90 Å². The molecule has 0 amide bonds. The fourth-order valence-corrected chi connectivity index (χ4v) is 1.91. The largest absolute Gasteiger partial charge is 0.475 e. The number of hydrogen-bond acceptors (Lipinski definition) is 4. The van der Waals surface area contributed by atoms with Gasteiger partial charge < -0.3 is 5.11 Å². The molecule has 0 fully saturated rings. The van der Waals surface area contributed by atoms with Crippen molar-refractivity contribution in [1.82, 2.24) is 19.6 Å². The number of nitrogens with zero attached hydrogens (tertiary/aromatic N) is 4. The van der Waals surface area contributed by atoms with Crippen LogP contribution in [0.25, 0.3) is 16.8 Å². The topological polar surface area (TPSA) is 80.4 Å². The van der Waals surface area contributed by atoms with Gasteiger partial charge >= 0.3 is 5.97 Å². The second-order valence-corrected chi connectivity index (χ2v) is 4.06. The molecule has 1 aromatic carbocycles. The number of aromatic carboxylic acids is 1. The van der Waals surface area contributed by atoms with E-state index < -0.39 is 5.97 Å². The Morgan fingerprint density at radius 3 is 2.68 bits per heavy atom. The highest BCUT2D eigenvalue weighted by Crippen LogP contribution is 2.23. The molecular weight excluding hydrogens is 244 g/mol. The van der Waals surface area contributed by atoms with Crippen molar-refractivity contribution >= 4 is 11.5 Å². The van der Waals surface area contributed by atoms with Gasteiger partial charge in [-0.3, -0.25) is 0 Å². The fourth-order valence-electron chi connectivity index (χ4n) is 1.91. The lowest BCUT2D eigenvalue weighted by Gasteiger charge is -1.98. The third kappa shape index (κ3) is 1.83. The van der Waals surface area contributed by atoms with Crippen molar-refractivity contribution in [3.63, 3.8) is 0 Å². The molecule has 2 aromatic heterocycles. The zero-order chi connectivity index (χ0) is 13.4. The van der Waals surface area contributed by atoms with Gasteiger partial charge in [-0.25, -0.2) is 19.3 Å². The van der Waals surface area contributed by atoms with Gasteiger partial charge in [0, 0.05) is 5.56 Å². The summed E-state index contributed by atoms with van der Waals surface area (Å²) in [7, 11) is 0. The molecule has 2 heterocycles. The summed E-state index contributed by atoms with van der Waals surface area (Å²) in [6.45, 7) is 1.70. The summed E-state index contributed by atoms with van der Waals surface area (Å²) < 4.78 is 1.31. The molecule has 0 saturated carbocycles. The second-order valence-electron chi connectivity index (χ2n) is 4.06. The van der Waals surface area contributed by atoms with E-state index in [0.29, 0.717) is 17.0 Å². The first-order chi connectivity index (χ1) is 9.16. The number of aryl methyl sites for hydroxylation is 1. The van der Waals surface area contributed by atoms with Gasteiger partial charge in [0.15, 0.2) is 0 Å². The lowest BCUT2D eigenvalue weighted by atomic mass is 10.1. The Kier molecular flexibility index (Phi) is 2.49. The molecular formula is C13H10N4O2. The van der Waals surface area contributed by atoms with Crippen LogP contribution in [0.5, 0.6) is 0 Å². The highest BCUT2D eigenvalue weighted by atomic mass is 16.4. The lowest BCUT2D eigenvalue weighted by molar-refractivity contribution is 0.0681. The highest BCUT2D eigenvalue weighted by molar-refractivity contribution is 5.89. The van der Waals surface area contributed by atoms with E-state index in [1.54, 1.807) is 13.1 Å². The number of imidazole rings is 1. The zero-order valence-electron chi connectivity index (χ0n) is 10.1.